The number of anilines is 1. The van der Waals surface area contributed by atoms with Gasteiger partial charge in [0.2, 0.25) is 0 Å². The van der Waals surface area contributed by atoms with E-state index in [2.05, 4.69) is 10.4 Å². The first-order valence-corrected chi connectivity index (χ1v) is 9.05. The van der Waals surface area contributed by atoms with Crippen LogP contribution in [0.15, 0.2) is 54.7 Å². The maximum Gasteiger partial charge on any atom is 0.256 e. The third-order valence-electron chi connectivity index (χ3n) is 4.25. The minimum atomic E-state index is -0.244. The number of carbonyl (C=O) groups excluding carboxylic acids is 1. The Bertz CT molecular complexity index is 971. The van der Waals surface area contributed by atoms with E-state index in [4.69, 9.17) is 21.1 Å². The Morgan fingerprint density at radius 2 is 1.93 bits per heavy atom. The SMILES string of the molecule is O=C(Nc1ccnn1Cc1ccccc1Cl)c1ccc2c(c1)OCCCO2. The molecule has 1 N–H and O–H groups in total. The van der Waals surface area contributed by atoms with E-state index in [0.29, 0.717) is 47.7 Å². The molecule has 1 aliphatic rings. The summed E-state index contributed by atoms with van der Waals surface area (Å²) in [6.45, 7) is 1.64. The molecular formula is C20H18ClN3O3. The molecule has 4 rings (SSSR count). The minimum Gasteiger partial charge on any atom is -0.490 e. The van der Waals surface area contributed by atoms with Crippen molar-refractivity contribution in [1.29, 1.82) is 0 Å². The molecule has 0 radical (unpaired) electrons. The van der Waals surface area contributed by atoms with Crippen LogP contribution in [-0.4, -0.2) is 28.9 Å². The highest BCUT2D eigenvalue weighted by atomic mass is 35.5. The summed E-state index contributed by atoms with van der Waals surface area (Å²) in [6.07, 6.45) is 2.46. The Kier molecular flexibility index (Phi) is 4.98. The van der Waals surface area contributed by atoms with Crippen molar-refractivity contribution in [3.8, 4) is 11.5 Å². The van der Waals surface area contributed by atoms with E-state index < -0.39 is 0 Å². The van der Waals surface area contributed by atoms with Gasteiger partial charge in [-0.15, -0.1) is 0 Å². The Labute approximate surface area is 161 Å². The summed E-state index contributed by atoms with van der Waals surface area (Å²) in [4.78, 5) is 12.7. The smallest absolute Gasteiger partial charge is 0.256 e. The zero-order chi connectivity index (χ0) is 18.6. The molecule has 2 aromatic carbocycles. The van der Waals surface area contributed by atoms with Crippen molar-refractivity contribution in [2.24, 2.45) is 0 Å². The van der Waals surface area contributed by atoms with E-state index in [1.54, 1.807) is 35.1 Å². The van der Waals surface area contributed by atoms with Crippen molar-refractivity contribution >= 4 is 23.3 Å². The molecule has 0 spiro atoms. The Morgan fingerprint density at radius 1 is 1.11 bits per heavy atom. The summed E-state index contributed by atoms with van der Waals surface area (Å²) in [7, 11) is 0. The number of carbonyl (C=O) groups is 1. The number of halogens is 1. The summed E-state index contributed by atoms with van der Waals surface area (Å²) in [5, 5.41) is 7.83. The molecule has 2 heterocycles. The topological polar surface area (TPSA) is 65.4 Å². The number of nitrogens with zero attached hydrogens (tertiary/aromatic N) is 2. The van der Waals surface area contributed by atoms with Crippen LogP contribution in [0.25, 0.3) is 0 Å². The maximum absolute atomic E-state index is 12.7. The van der Waals surface area contributed by atoms with E-state index in [1.807, 2.05) is 24.3 Å². The van der Waals surface area contributed by atoms with Gasteiger partial charge in [-0.2, -0.15) is 5.10 Å². The van der Waals surface area contributed by atoms with Crippen LogP contribution in [0.3, 0.4) is 0 Å². The zero-order valence-corrected chi connectivity index (χ0v) is 15.3. The fourth-order valence-electron chi connectivity index (χ4n) is 2.85. The van der Waals surface area contributed by atoms with Gasteiger partial charge in [-0.1, -0.05) is 29.8 Å². The third-order valence-corrected chi connectivity index (χ3v) is 4.61. The van der Waals surface area contributed by atoms with Gasteiger partial charge in [-0.25, -0.2) is 4.68 Å². The van der Waals surface area contributed by atoms with Gasteiger partial charge in [0.25, 0.3) is 5.91 Å². The van der Waals surface area contributed by atoms with E-state index in [9.17, 15) is 4.79 Å². The van der Waals surface area contributed by atoms with Gasteiger partial charge in [-0.05, 0) is 29.8 Å². The molecule has 1 aromatic heterocycles. The predicted molar refractivity (Wildman–Crippen MR) is 103 cm³/mol. The van der Waals surface area contributed by atoms with Gasteiger partial charge in [0.1, 0.15) is 5.82 Å². The summed E-state index contributed by atoms with van der Waals surface area (Å²) >= 11 is 6.22. The minimum absolute atomic E-state index is 0.244. The van der Waals surface area contributed by atoms with Crippen molar-refractivity contribution in [3.05, 3.63) is 70.9 Å². The number of nitrogens with one attached hydrogen (secondary N) is 1. The summed E-state index contributed by atoms with van der Waals surface area (Å²) in [5.41, 5.74) is 1.42. The van der Waals surface area contributed by atoms with Crippen molar-refractivity contribution in [3.63, 3.8) is 0 Å². The van der Waals surface area contributed by atoms with Crippen molar-refractivity contribution in [1.82, 2.24) is 9.78 Å². The fraction of sp³-hybridized carbons (Fsp3) is 0.200. The standard InChI is InChI=1S/C20H18ClN3O3/c21-16-5-2-1-4-15(16)13-24-19(8-9-22-24)23-20(25)14-6-7-17-18(12-14)27-11-3-10-26-17/h1-2,4-9,12H,3,10-11,13H2,(H,23,25). The number of rotatable bonds is 4. The molecule has 138 valence electrons. The fourth-order valence-corrected chi connectivity index (χ4v) is 3.04. The number of fused-ring (bicyclic) bond motifs is 1. The molecule has 0 fully saturated rings. The molecule has 0 unspecified atom stereocenters. The molecule has 0 bridgehead atoms. The highest BCUT2D eigenvalue weighted by Crippen LogP contribution is 2.30. The maximum atomic E-state index is 12.7. The summed E-state index contributed by atoms with van der Waals surface area (Å²) in [5.74, 6) is 1.59. The Hall–Kier alpha value is -2.99. The lowest BCUT2D eigenvalue weighted by Crippen LogP contribution is -2.16. The second-order valence-corrected chi connectivity index (χ2v) is 6.54. The van der Waals surface area contributed by atoms with Crippen LogP contribution in [0.4, 0.5) is 5.82 Å². The first kappa shape index (κ1) is 17.4. The van der Waals surface area contributed by atoms with Crippen LogP contribution in [0, 0.1) is 0 Å². The predicted octanol–water partition coefficient (Wildman–Crippen LogP) is 4.00. The molecule has 1 aliphatic heterocycles. The number of ether oxygens (including phenoxy) is 2. The number of amides is 1. The van der Waals surface area contributed by atoms with Gasteiger partial charge < -0.3 is 14.8 Å². The highest BCUT2D eigenvalue weighted by molar-refractivity contribution is 6.31. The van der Waals surface area contributed by atoms with Crippen LogP contribution in [0.2, 0.25) is 5.02 Å². The average Bonchev–Trinajstić information content (AvgIpc) is 2.97. The van der Waals surface area contributed by atoms with Gasteiger partial charge in [0.05, 0.1) is 26.0 Å². The van der Waals surface area contributed by atoms with Crippen LogP contribution in [0.5, 0.6) is 11.5 Å². The van der Waals surface area contributed by atoms with E-state index in [-0.39, 0.29) is 5.91 Å². The molecular weight excluding hydrogens is 366 g/mol. The van der Waals surface area contributed by atoms with Crippen LogP contribution in [0.1, 0.15) is 22.3 Å². The first-order chi connectivity index (χ1) is 13.2. The lowest BCUT2D eigenvalue weighted by Gasteiger charge is -2.12. The number of hydrogen-bond donors (Lipinski definition) is 1. The van der Waals surface area contributed by atoms with E-state index >= 15 is 0 Å². The summed E-state index contributed by atoms with van der Waals surface area (Å²) < 4.78 is 13.0. The molecule has 3 aromatic rings. The van der Waals surface area contributed by atoms with Gasteiger partial charge in [0.15, 0.2) is 11.5 Å². The lowest BCUT2D eigenvalue weighted by atomic mass is 10.2. The van der Waals surface area contributed by atoms with Crippen molar-refractivity contribution in [2.75, 3.05) is 18.5 Å². The molecule has 7 heteroatoms. The second kappa shape index (κ2) is 7.72. The van der Waals surface area contributed by atoms with Crippen LogP contribution < -0.4 is 14.8 Å². The lowest BCUT2D eigenvalue weighted by molar-refractivity contribution is 0.102. The summed E-state index contributed by atoms with van der Waals surface area (Å²) in [6, 6.07) is 14.5. The Morgan fingerprint density at radius 3 is 2.78 bits per heavy atom. The highest BCUT2D eigenvalue weighted by Gasteiger charge is 2.15. The second-order valence-electron chi connectivity index (χ2n) is 6.13. The molecule has 0 saturated carbocycles. The van der Waals surface area contributed by atoms with Crippen molar-refractivity contribution in [2.45, 2.75) is 13.0 Å². The number of benzene rings is 2. The van der Waals surface area contributed by atoms with Crippen molar-refractivity contribution < 1.29 is 14.3 Å². The zero-order valence-electron chi connectivity index (χ0n) is 14.5. The normalized spacial score (nSPS) is 13.1. The van der Waals surface area contributed by atoms with Crippen LogP contribution >= 0.6 is 11.6 Å². The molecule has 1 amide bonds. The largest absolute Gasteiger partial charge is 0.490 e. The van der Waals surface area contributed by atoms with Gasteiger partial charge in [0, 0.05) is 23.1 Å². The molecule has 6 nitrogen and oxygen atoms in total. The average molecular weight is 384 g/mol. The van der Waals surface area contributed by atoms with Gasteiger partial charge >= 0.3 is 0 Å². The van der Waals surface area contributed by atoms with Gasteiger partial charge in [-0.3, -0.25) is 4.79 Å². The first-order valence-electron chi connectivity index (χ1n) is 8.67. The molecule has 27 heavy (non-hydrogen) atoms. The monoisotopic (exact) mass is 383 g/mol. The van der Waals surface area contributed by atoms with E-state index in [1.165, 1.54) is 0 Å². The Balaban J connectivity index is 1.52. The molecule has 0 saturated heterocycles. The molecule has 0 aliphatic carbocycles. The quantitative estimate of drug-likeness (QED) is 0.739. The molecule has 0 atom stereocenters. The van der Waals surface area contributed by atoms with Crippen LogP contribution in [-0.2, 0) is 6.54 Å². The third kappa shape index (κ3) is 3.90. The number of hydrogen-bond acceptors (Lipinski definition) is 4. The van der Waals surface area contributed by atoms with E-state index in [0.717, 1.165) is 12.0 Å². The number of aromatic nitrogens is 2.